The van der Waals surface area contributed by atoms with E-state index in [-0.39, 0.29) is 0 Å². The van der Waals surface area contributed by atoms with Crippen molar-refractivity contribution in [3.8, 4) is 0 Å². The number of rotatable bonds is 4. The first-order valence-electron chi connectivity index (χ1n) is 4.82. The van der Waals surface area contributed by atoms with Gasteiger partial charge in [0, 0.05) is 22.8 Å². The van der Waals surface area contributed by atoms with Gasteiger partial charge in [-0.3, -0.25) is 9.78 Å². The van der Waals surface area contributed by atoms with Crippen LogP contribution in [0.5, 0.6) is 0 Å². The molecule has 0 aliphatic rings. The van der Waals surface area contributed by atoms with Gasteiger partial charge in [0.15, 0.2) is 0 Å². The van der Waals surface area contributed by atoms with E-state index in [1.165, 1.54) is 0 Å². The Kier molecular flexibility index (Phi) is 3.85. The minimum atomic E-state index is -0.769. The molecule has 0 aliphatic heterocycles. The van der Waals surface area contributed by atoms with E-state index in [0.29, 0.717) is 12.8 Å². The first-order valence-corrected chi connectivity index (χ1v) is 5.61. The van der Waals surface area contributed by atoms with Crippen LogP contribution in [0.3, 0.4) is 0 Å². The number of aliphatic carboxylic acids is 1. The Bertz CT molecular complexity index is 350. The molecule has 0 bridgehead atoms. The smallest absolute Gasteiger partial charge is 0.309 e. The van der Waals surface area contributed by atoms with E-state index in [9.17, 15) is 4.79 Å². The molecule has 0 amide bonds. The van der Waals surface area contributed by atoms with Gasteiger partial charge in [0.25, 0.3) is 0 Å². The zero-order chi connectivity index (χ0) is 11.5. The number of aromatic nitrogens is 1. The molecule has 1 unspecified atom stereocenters. The number of hydrogen-bond acceptors (Lipinski definition) is 2. The molecule has 0 aromatic carbocycles. The maximum atomic E-state index is 11.1. The topological polar surface area (TPSA) is 50.2 Å². The highest BCUT2D eigenvalue weighted by Crippen LogP contribution is 2.26. The molecule has 0 aliphatic carbocycles. The van der Waals surface area contributed by atoms with Crippen LogP contribution in [0.4, 0.5) is 0 Å². The highest BCUT2D eigenvalue weighted by molar-refractivity contribution is 9.10. The van der Waals surface area contributed by atoms with Crippen molar-refractivity contribution >= 4 is 21.9 Å². The molecular formula is C11H14BrNO2. The molecule has 1 heterocycles. The normalized spacial score (nSPS) is 14.6. The molecule has 3 nitrogen and oxygen atoms in total. The van der Waals surface area contributed by atoms with E-state index in [4.69, 9.17) is 5.11 Å². The summed E-state index contributed by atoms with van der Waals surface area (Å²) in [6.45, 7) is 3.63. The zero-order valence-corrected chi connectivity index (χ0v) is 10.4. The fraction of sp³-hybridized carbons (Fsp3) is 0.455. The van der Waals surface area contributed by atoms with Crippen molar-refractivity contribution in [2.24, 2.45) is 5.41 Å². The predicted molar refractivity (Wildman–Crippen MR) is 61.7 cm³/mol. The number of halogens is 1. The van der Waals surface area contributed by atoms with Crippen molar-refractivity contribution in [1.29, 1.82) is 0 Å². The second-order valence-electron chi connectivity index (χ2n) is 3.86. The third-order valence-electron chi connectivity index (χ3n) is 2.66. The number of carboxylic acids is 1. The molecule has 15 heavy (non-hydrogen) atoms. The van der Waals surface area contributed by atoms with Gasteiger partial charge >= 0.3 is 5.97 Å². The van der Waals surface area contributed by atoms with Gasteiger partial charge in [-0.1, -0.05) is 6.92 Å². The largest absolute Gasteiger partial charge is 0.481 e. The summed E-state index contributed by atoms with van der Waals surface area (Å²) in [5, 5.41) is 9.11. The Morgan fingerprint density at radius 3 is 2.67 bits per heavy atom. The van der Waals surface area contributed by atoms with E-state index in [1.54, 1.807) is 13.1 Å². The molecule has 4 heteroatoms. The van der Waals surface area contributed by atoms with Gasteiger partial charge in [-0.25, -0.2) is 0 Å². The standard InChI is InChI=1S/C11H14BrNO2/c1-3-11(2,10(14)15)6-9-5-4-8(12)7-13-9/h4-5,7H,3,6H2,1-2H3,(H,14,15). The van der Waals surface area contributed by atoms with Gasteiger partial charge < -0.3 is 5.11 Å². The summed E-state index contributed by atoms with van der Waals surface area (Å²) in [5.41, 5.74) is 0.0887. The zero-order valence-electron chi connectivity index (χ0n) is 8.83. The van der Waals surface area contributed by atoms with Crippen LogP contribution >= 0.6 is 15.9 Å². The second kappa shape index (κ2) is 4.75. The number of pyridine rings is 1. The maximum Gasteiger partial charge on any atom is 0.309 e. The lowest BCUT2D eigenvalue weighted by molar-refractivity contribution is -0.148. The number of nitrogens with zero attached hydrogens (tertiary/aromatic N) is 1. The summed E-state index contributed by atoms with van der Waals surface area (Å²) in [6.07, 6.45) is 2.75. The molecule has 1 rings (SSSR count). The minimum absolute atomic E-state index is 0.464. The summed E-state index contributed by atoms with van der Waals surface area (Å²) in [6, 6.07) is 3.72. The van der Waals surface area contributed by atoms with Crippen LogP contribution < -0.4 is 0 Å². The lowest BCUT2D eigenvalue weighted by atomic mass is 9.83. The fourth-order valence-electron chi connectivity index (χ4n) is 1.26. The van der Waals surface area contributed by atoms with Crippen molar-refractivity contribution in [3.63, 3.8) is 0 Å². The SMILES string of the molecule is CCC(C)(Cc1ccc(Br)cn1)C(=O)O. The molecule has 1 N–H and O–H groups in total. The van der Waals surface area contributed by atoms with Gasteiger partial charge in [-0.05, 0) is 41.4 Å². The third-order valence-corrected chi connectivity index (χ3v) is 3.13. The second-order valence-corrected chi connectivity index (χ2v) is 4.78. The summed E-state index contributed by atoms with van der Waals surface area (Å²) >= 11 is 3.29. The molecule has 0 fully saturated rings. The molecule has 1 aromatic heterocycles. The predicted octanol–water partition coefficient (Wildman–Crippen LogP) is 2.89. The molecule has 0 saturated carbocycles. The van der Waals surface area contributed by atoms with Gasteiger partial charge in [0.05, 0.1) is 5.41 Å². The number of carboxylic acid groups (broad SMARTS) is 1. The lowest BCUT2D eigenvalue weighted by Crippen LogP contribution is -2.29. The average Bonchev–Trinajstić information content (AvgIpc) is 2.21. The third kappa shape index (κ3) is 3.02. The van der Waals surface area contributed by atoms with Crippen LogP contribution in [-0.4, -0.2) is 16.1 Å². The minimum Gasteiger partial charge on any atom is -0.481 e. The van der Waals surface area contributed by atoms with Crippen LogP contribution in [-0.2, 0) is 11.2 Å². The van der Waals surface area contributed by atoms with Crippen molar-refractivity contribution < 1.29 is 9.90 Å². The van der Waals surface area contributed by atoms with Crippen LogP contribution in [0.1, 0.15) is 26.0 Å². The molecule has 1 atom stereocenters. The van der Waals surface area contributed by atoms with Gasteiger partial charge in [0.1, 0.15) is 0 Å². The van der Waals surface area contributed by atoms with Crippen LogP contribution in [0.25, 0.3) is 0 Å². The Hall–Kier alpha value is -0.900. The van der Waals surface area contributed by atoms with E-state index in [1.807, 2.05) is 19.1 Å². The summed E-state index contributed by atoms with van der Waals surface area (Å²) < 4.78 is 0.903. The molecule has 1 aromatic rings. The van der Waals surface area contributed by atoms with Gasteiger partial charge in [-0.2, -0.15) is 0 Å². The summed E-state index contributed by atoms with van der Waals surface area (Å²) in [5.74, 6) is -0.769. The molecule has 0 saturated heterocycles. The molecular weight excluding hydrogens is 258 g/mol. The first-order chi connectivity index (χ1) is 6.98. The van der Waals surface area contributed by atoms with Crippen molar-refractivity contribution in [2.75, 3.05) is 0 Å². The van der Waals surface area contributed by atoms with Crippen LogP contribution in [0.15, 0.2) is 22.8 Å². The van der Waals surface area contributed by atoms with Gasteiger partial charge in [0.2, 0.25) is 0 Å². The summed E-state index contributed by atoms with van der Waals surface area (Å²) in [7, 11) is 0. The number of carbonyl (C=O) groups is 1. The Balaban J connectivity index is 2.84. The Labute approximate surface area is 97.7 Å². The quantitative estimate of drug-likeness (QED) is 0.916. The lowest BCUT2D eigenvalue weighted by Gasteiger charge is -2.22. The van der Waals surface area contributed by atoms with Crippen molar-refractivity contribution in [3.05, 3.63) is 28.5 Å². The fourth-order valence-corrected chi connectivity index (χ4v) is 1.50. The van der Waals surface area contributed by atoms with E-state index < -0.39 is 11.4 Å². The maximum absolute atomic E-state index is 11.1. The van der Waals surface area contributed by atoms with Crippen molar-refractivity contribution in [2.45, 2.75) is 26.7 Å². The van der Waals surface area contributed by atoms with E-state index in [2.05, 4.69) is 20.9 Å². The molecule has 82 valence electrons. The monoisotopic (exact) mass is 271 g/mol. The van der Waals surface area contributed by atoms with E-state index in [0.717, 1.165) is 10.2 Å². The Morgan fingerprint density at radius 1 is 1.60 bits per heavy atom. The number of hydrogen-bond donors (Lipinski definition) is 1. The summed E-state index contributed by atoms with van der Waals surface area (Å²) in [4.78, 5) is 15.3. The van der Waals surface area contributed by atoms with Crippen LogP contribution in [0, 0.1) is 5.41 Å². The first kappa shape index (κ1) is 12.2. The highest BCUT2D eigenvalue weighted by Gasteiger charge is 2.31. The van der Waals surface area contributed by atoms with Crippen molar-refractivity contribution in [1.82, 2.24) is 4.98 Å². The average molecular weight is 272 g/mol. The molecule has 0 radical (unpaired) electrons. The van der Waals surface area contributed by atoms with Crippen LogP contribution in [0.2, 0.25) is 0 Å². The highest BCUT2D eigenvalue weighted by atomic mass is 79.9. The van der Waals surface area contributed by atoms with E-state index >= 15 is 0 Å². The Morgan fingerprint density at radius 2 is 2.27 bits per heavy atom. The van der Waals surface area contributed by atoms with Gasteiger partial charge in [-0.15, -0.1) is 0 Å². The molecule has 0 spiro atoms.